The lowest BCUT2D eigenvalue weighted by Gasteiger charge is -2.24. The zero-order valence-electron chi connectivity index (χ0n) is 11.0. The minimum Gasteiger partial charge on any atom is -0.281 e. The minimum atomic E-state index is -3.48. The standard InChI is InChI=1S/C11H20ClN3O2S/c1-9-10(7-13-15-9)18(16,17)14-8-11(2,3)5-4-6-12/h7,14H,4-6,8H2,1-3H3,(H,13,15). The molecule has 0 bridgehead atoms. The second-order valence-electron chi connectivity index (χ2n) is 5.14. The summed E-state index contributed by atoms with van der Waals surface area (Å²) < 4.78 is 26.7. The van der Waals surface area contributed by atoms with Crippen LogP contribution in [0.2, 0.25) is 0 Å². The van der Waals surface area contributed by atoms with Gasteiger partial charge in [0.05, 0.1) is 11.9 Å². The van der Waals surface area contributed by atoms with Crippen molar-refractivity contribution in [2.45, 2.75) is 38.5 Å². The lowest BCUT2D eigenvalue weighted by Crippen LogP contribution is -2.34. The molecule has 1 aromatic rings. The van der Waals surface area contributed by atoms with Crippen LogP contribution < -0.4 is 4.72 Å². The number of alkyl halides is 1. The van der Waals surface area contributed by atoms with Gasteiger partial charge < -0.3 is 0 Å². The van der Waals surface area contributed by atoms with E-state index in [2.05, 4.69) is 14.9 Å². The molecule has 18 heavy (non-hydrogen) atoms. The molecule has 0 aliphatic carbocycles. The van der Waals surface area contributed by atoms with Gasteiger partial charge in [0.15, 0.2) is 0 Å². The van der Waals surface area contributed by atoms with Crippen LogP contribution in [-0.4, -0.2) is 31.0 Å². The van der Waals surface area contributed by atoms with Crippen LogP contribution in [0.5, 0.6) is 0 Å². The van der Waals surface area contributed by atoms with Crippen molar-refractivity contribution in [1.29, 1.82) is 0 Å². The van der Waals surface area contributed by atoms with Gasteiger partial charge in [-0.15, -0.1) is 11.6 Å². The summed E-state index contributed by atoms with van der Waals surface area (Å²) in [5.41, 5.74) is 0.431. The fraction of sp³-hybridized carbons (Fsp3) is 0.727. The maximum absolute atomic E-state index is 12.0. The molecule has 0 unspecified atom stereocenters. The summed E-state index contributed by atoms with van der Waals surface area (Å²) in [5.74, 6) is 0.594. The highest BCUT2D eigenvalue weighted by atomic mass is 35.5. The molecule has 1 aromatic heterocycles. The van der Waals surface area contributed by atoms with Gasteiger partial charge in [0, 0.05) is 12.4 Å². The van der Waals surface area contributed by atoms with Crippen LogP contribution in [0, 0.1) is 12.3 Å². The Balaban J connectivity index is 2.66. The van der Waals surface area contributed by atoms with E-state index in [-0.39, 0.29) is 10.3 Å². The van der Waals surface area contributed by atoms with Crippen molar-refractivity contribution >= 4 is 21.6 Å². The Morgan fingerprint density at radius 2 is 2.17 bits per heavy atom. The first-order chi connectivity index (χ1) is 8.28. The van der Waals surface area contributed by atoms with Crippen molar-refractivity contribution in [1.82, 2.24) is 14.9 Å². The van der Waals surface area contributed by atoms with E-state index in [4.69, 9.17) is 11.6 Å². The number of nitrogens with one attached hydrogen (secondary N) is 2. The number of nitrogens with zero attached hydrogens (tertiary/aromatic N) is 1. The quantitative estimate of drug-likeness (QED) is 0.756. The predicted octanol–water partition coefficient (Wildman–Crippen LogP) is 2.04. The van der Waals surface area contributed by atoms with Crippen LogP contribution in [-0.2, 0) is 10.0 Å². The first-order valence-corrected chi connectivity index (χ1v) is 7.86. The molecule has 2 N–H and O–H groups in total. The maximum Gasteiger partial charge on any atom is 0.243 e. The Kier molecular flexibility index (Phi) is 5.19. The normalized spacial score (nSPS) is 12.9. The number of hydrogen-bond acceptors (Lipinski definition) is 3. The third kappa shape index (κ3) is 4.26. The average Bonchev–Trinajstić information content (AvgIpc) is 2.71. The van der Waals surface area contributed by atoms with E-state index in [1.54, 1.807) is 6.92 Å². The second-order valence-corrected chi connectivity index (χ2v) is 7.25. The molecule has 0 fully saturated rings. The molecule has 0 radical (unpaired) electrons. The summed E-state index contributed by atoms with van der Waals surface area (Å²) in [6, 6.07) is 0. The average molecular weight is 294 g/mol. The number of rotatable bonds is 7. The molecular weight excluding hydrogens is 274 g/mol. The number of aromatic amines is 1. The molecule has 0 aromatic carbocycles. The van der Waals surface area contributed by atoms with Crippen LogP contribution in [0.1, 0.15) is 32.4 Å². The van der Waals surface area contributed by atoms with Crippen LogP contribution in [0.15, 0.2) is 11.1 Å². The minimum absolute atomic E-state index is 0.112. The molecule has 0 aliphatic rings. The van der Waals surface area contributed by atoms with Gasteiger partial charge in [-0.3, -0.25) is 5.10 Å². The van der Waals surface area contributed by atoms with Gasteiger partial charge in [0.1, 0.15) is 4.90 Å². The Hall–Kier alpha value is -0.590. The molecule has 0 amide bonds. The van der Waals surface area contributed by atoms with Crippen LogP contribution in [0.3, 0.4) is 0 Å². The fourth-order valence-corrected chi connectivity index (χ4v) is 3.12. The number of hydrogen-bond donors (Lipinski definition) is 2. The van der Waals surface area contributed by atoms with E-state index in [0.717, 1.165) is 12.8 Å². The van der Waals surface area contributed by atoms with Gasteiger partial charge in [-0.25, -0.2) is 13.1 Å². The topological polar surface area (TPSA) is 74.8 Å². The summed E-state index contributed by atoms with van der Waals surface area (Å²) in [6.45, 7) is 6.10. The first kappa shape index (κ1) is 15.5. The van der Waals surface area contributed by atoms with Gasteiger partial charge in [0.25, 0.3) is 0 Å². The van der Waals surface area contributed by atoms with Crippen molar-refractivity contribution < 1.29 is 8.42 Å². The lowest BCUT2D eigenvalue weighted by molar-refractivity contribution is 0.331. The van der Waals surface area contributed by atoms with E-state index in [0.29, 0.717) is 18.1 Å². The maximum atomic E-state index is 12.0. The van der Waals surface area contributed by atoms with Gasteiger partial charge >= 0.3 is 0 Å². The van der Waals surface area contributed by atoms with Gasteiger partial charge in [0.2, 0.25) is 10.0 Å². The highest BCUT2D eigenvalue weighted by molar-refractivity contribution is 7.89. The summed E-state index contributed by atoms with van der Waals surface area (Å²) >= 11 is 5.65. The van der Waals surface area contributed by atoms with Crippen molar-refractivity contribution in [2.75, 3.05) is 12.4 Å². The van der Waals surface area contributed by atoms with Gasteiger partial charge in [-0.2, -0.15) is 5.10 Å². The number of aryl methyl sites for hydroxylation is 1. The van der Waals surface area contributed by atoms with Crippen molar-refractivity contribution in [2.24, 2.45) is 5.41 Å². The number of H-pyrrole nitrogens is 1. The van der Waals surface area contributed by atoms with E-state index in [1.165, 1.54) is 6.20 Å². The van der Waals surface area contributed by atoms with E-state index in [9.17, 15) is 8.42 Å². The molecule has 0 saturated heterocycles. The predicted molar refractivity (Wildman–Crippen MR) is 72.2 cm³/mol. The summed E-state index contributed by atoms with van der Waals surface area (Å²) in [6.07, 6.45) is 3.08. The molecule has 1 rings (SSSR count). The molecular formula is C11H20ClN3O2S. The third-order valence-electron chi connectivity index (χ3n) is 2.80. The zero-order valence-corrected chi connectivity index (χ0v) is 12.5. The molecule has 0 atom stereocenters. The fourth-order valence-electron chi connectivity index (χ4n) is 1.61. The monoisotopic (exact) mass is 293 g/mol. The smallest absolute Gasteiger partial charge is 0.243 e. The summed E-state index contributed by atoms with van der Waals surface area (Å²) in [4.78, 5) is 0.204. The first-order valence-electron chi connectivity index (χ1n) is 5.84. The van der Waals surface area contributed by atoms with Gasteiger partial charge in [-0.05, 0) is 25.2 Å². The molecule has 1 heterocycles. The van der Waals surface area contributed by atoms with Crippen molar-refractivity contribution in [3.63, 3.8) is 0 Å². The SMILES string of the molecule is Cc1[nH]ncc1S(=O)(=O)NCC(C)(C)CCCCl. The number of aromatic nitrogens is 2. The lowest BCUT2D eigenvalue weighted by atomic mass is 9.88. The Labute approximate surface area is 113 Å². The molecule has 0 saturated carbocycles. The molecule has 0 aliphatic heterocycles. The number of sulfonamides is 1. The molecule has 7 heteroatoms. The van der Waals surface area contributed by atoms with E-state index < -0.39 is 10.0 Å². The second kappa shape index (κ2) is 6.04. The van der Waals surface area contributed by atoms with Crippen molar-refractivity contribution in [3.05, 3.63) is 11.9 Å². The Bertz CT molecular complexity index is 482. The summed E-state index contributed by atoms with van der Waals surface area (Å²) in [5, 5.41) is 6.34. The highest BCUT2D eigenvalue weighted by Gasteiger charge is 2.23. The van der Waals surface area contributed by atoms with Crippen LogP contribution >= 0.6 is 11.6 Å². The molecule has 0 spiro atoms. The largest absolute Gasteiger partial charge is 0.281 e. The third-order valence-corrected chi connectivity index (χ3v) is 4.58. The molecule has 104 valence electrons. The molecule has 5 nitrogen and oxygen atoms in total. The Morgan fingerprint density at radius 3 is 2.67 bits per heavy atom. The Morgan fingerprint density at radius 1 is 1.50 bits per heavy atom. The zero-order chi connectivity index (χ0) is 13.8. The highest BCUT2D eigenvalue weighted by Crippen LogP contribution is 2.22. The van der Waals surface area contributed by atoms with Gasteiger partial charge in [-0.1, -0.05) is 13.8 Å². The van der Waals surface area contributed by atoms with E-state index >= 15 is 0 Å². The van der Waals surface area contributed by atoms with E-state index in [1.807, 2.05) is 13.8 Å². The summed E-state index contributed by atoms with van der Waals surface area (Å²) in [7, 11) is -3.48. The van der Waals surface area contributed by atoms with Crippen LogP contribution in [0.25, 0.3) is 0 Å². The number of halogens is 1. The van der Waals surface area contributed by atoms with Crippen LogP contribution in [0.4, 0.5) is 0 Å². The van der Waals surface area contributed by atoms with Crippen molar-refractivity contribution in [3.8, 4) is 0 Å².